The number of hydrogen-bond acceptors (Lipinski definition) is 3. The average Bonchev–Trinajstić information content (AvgIpc) is 2.98. The van der Waals surface area contributed by atoms with E-state index in [4.69, 9.17) is 17.3 Å². The Labute approximate surface area is 102 Å². The third-order valence-corrected chi connectivity index (χ3v) is 3.17. The van der Waals surface area contributed by atoms with Crippen molar-refractivity contribution in [1.29, 1.82) is 0 Å². The maximum absolute atomic E-state index is 6.19. The Bertz CT molecular complexity index is 375. The molecule has 0 saturated heterocycles. The molecule has 0 radical (unpaired) electrons. The standard InChI is InChI=1S/C12H18ClN3/c1-8(2)16(7-9-3-4-9)12-11(13)5-10(14)6-15-12/h5-6,8-9H,3-4,7,14H2,1-2H3. The predicted octanol–water partition coefficient (Wildman–Crippen LogP) is 2.94. The van der Waals surface area contributed by atoms with Crippen LogP contribution in [-0.4, -0.2) is 17.6 Å². The Morgan fingerprint density at radius 1 is 1.56 bits per heavy atom. The van der Waals surface area contributed by atoms with Crippen LogP contribution in [0.5, 0.6) is 0 Å². The fourth-order valence-electron chi connectivity index (χ4n) is 1.78. The topological polar surface area (TPSA) is 42.2 Å². The summed E-state index contributed by atoms with van der Waals surface area (Å²) in [6.07, 6.45) is 4.33. The molecular weight excluding hydrogens is 222 g/mol. The van der Waals surface area contributed by atoms with Gasteiger partial charge in [-0.1, -0.05) is 11.6 Å². The third-order valence-electron chi connectivity index (χ3n) is 2.89. The molecule has 88 valence electrons. The van der Waals surface area contributed by atoms with E-state index < -0.39 is 0 Å². The van der Waals surface area contributed by atoms with Gasteiger partial charge < -0.3 is 10.6 Å². The highest BCUT2D eigenvalue weighted by Gasteiger charge is 2.27. The van der Waals surface area contributed by atoms with E-state index in [1.54, 1.807) is 12.3 Å². The molecule has 0 atom stereocenters. The van der Waals surface area contributed by atoms with Crippen LogP contribution in [0.15, 0.2) is 12.3 Å². The normalized spacial score (nSPS) is 15.5. The molecule has 2 N–H and O–H groups in total. The van der Waals surface area contributed by atoms with E-state index in [1.165, 1.54) is 12.8 Å². The lowest BCUT2D eigenvalue weighted by Crippen LogP contribution is -2.33. The zero-order valence-corrected chi connectivity index (χ0v) is 10.5. The molecule has 0 amide bonds. The summed E-state index contributed by atoms with van der Waals surface area (Å²) in [4.78, 5) is 6.61. The molecule has 0 unspecified atom stereocenters. The van der Waals surface area contributed by atoms with Crippen LogP contribution in [-0.2, 0) is 0 Å². The first-order chi connectivity index (χ1) is 7.58. The summed E-state index contributed by atoms with van der Waals surface area (Å²) >= 11 is 6.19. The average molecular weight is 240 g/mol. The molecule has 0 spiro atoms. The number of nitrogen functional groups attached to an aromatic ring is 1. The smallest absolute Gasteiger partial charge is 0.147 e. The number of aromatic nitrogens is 1. The first-order valence-corrected chi connectivity index (χ1v) is 6.13. The maximum Gasteiger partial charge on any atom is 0.147 e. The summed E-state index contributed by atoms with van der Waals surface area (Å²) in [5, 5.41) is 0.648. The van der Waals surface area contributed by atoms with Crippen molar-refractivity contribution in [3.8, 4) is 0 Å². The molecular formula is C12H18ClN3. The Balaban J connectivity index is 2.22. The van der Waals surface area contributed by atoms with Gasteiger partial charge in [0.1, 0.15) is 5.82 Å². The molecule has 2 rings (SSSR count). The van der Waals surface area contributed by atoms with Gasteiger partial charge in [0.25, 0.3) is 0 Å². The van der Waals surface area contributed by atoms with Crippen LogP contribution in [0, 0.1) is 5.92 Å². The van der Waals surface area contributed by atoms with Crippen LogP contribution in [0.1, 0.15) is 26.7 Å². The second kappa shape index (κ2) is 4.50. The lowest BCUT2D eigenvalue weighted by molar-refractivity contribution is 0.637. The minimum absolute atomic E-state index is 0.411. The first kappa shape index (κ1) is 11.5. The lowest BCUT2D eigenvalue weighted by atomic mass is 10.2. The van der Waals surface area contributed by atoms with Gasteiger partial charge in [0.2, 0.25) is 0 Å². The molecule has 1 heterocycles. The molecule has 4 heteroatoms. The van der Waals surface area contributed by atoms with E-state index in [0.29, 0.717) is 16.8 Å². The van der Waals surface area contributed by atoms with E-state index in [0.717, 1.165) is 18.3 Å². The van der Waals surface area contributed by atoms with Crippen molar-refractivity contribution in [2.24, 2.45) is 5.92 Å². The van der Waals surface area contributed by atoms with Gasteiger partial charge in [0, 0.05) is 12.6 Å². The molecule has 1 aliphatic carbocycles. The van der Waals surface area contributed by atoms with Crippen molar-refractivity contribution in [3.63, 3.8) is 0 Å². The van der Waals surface area contributed by atoms with Gasteiger partial charge in [-0.3, -0.25) is 0 Å². The fourth-order valence-corrected chi connectivity index (χ4v) is 2.06. The number of halogens is 1. The van der Waals surface area contributed by atoms with Gasteiger partial charge in [0.15, 0.2) is 0 Å². The SMILES string of the molecule is CC(C)N(CC1CC1)c1ncc(N)cc1Cl. The monoisotopic (exact) mass is 239 g/mol. The van der Waals surface area contributed by atoms with E-state index in [9.17, 15) is 0 Å². The summed E-state index contributed by atoms with van der Waals surface area (Å²) < 4.78 is 0. The number of hydrogen-bond donors (Lipinski definition) is 1. The van der Waals surface area contributed by atoms with Crippen molar-refractivity contribution in [2.45, 2.75) is 32.7 Å². The molecule has 0 aromatic carbocycles. The molecule has 1 aromatic rings. The molecule has 1 aliphatic rings. The van der Waals surface area contributed by atoms with Gasteiger partial charge in [-0.2, -0.15) is 0 Å². The second-order valence-corrected chi connectivity index (χ2v) is 5.17. The number of anilines is 2. The highest BCUT2D eigenvalue weighted by molar-refractivity contribution is 6.33. The summed E-state index contributed by atoms with van der Waals surface area (Å²) in [6, 6.07) is 2.18. The molecule has 0 aliphatic heterocycles. The van der Waals surface area contributed by atoms with Crippen molar-refractivity contribution in [1.82, 2.24) is 4.98 Å². The van der Waals surface area contributed by atoms with Crippen molar-refractivity contribution >= 4 is 23.1 Å². The Morgan fingerprint density at radius 3 is 2.75 bits per heavy atom. The largest absolute Gasteiger partial charge is 0.397 e. The van der Waals surface area contributed by atoms with Crippen LogP contribution in [0.25, 0.3) is 0 Å². The van der Waals surface area contributed by atoms with Crippen molar-refractivity contribution in [2.75, 3.05) is 17.2 Å². The van der Waals surface area contributed by atoms with Gasteiger partial charge in [-0.15, -0.1) is 0 Å². The molecule has 3 nitrogen and oxygen atoms in total. The summed E-state index contributed by atoms with van der Waals surface area (Å²) in [5.74, 6) is 1.68. The summed E-state index contributed by atoms with van der Waals surface area (Å²) in [6.45, 7) is 5.38. The lowest BCUT2D eigenvalue weighted by Gasteiger charge is -2.28. The quantitative estimate of drug-likeness (QED) is 0.879. The molecule has 1 saturated carbocycles. The first-order valence-electron chi connectivity index (χ1n) is 5.75. The van der Waals surface area contributed by atoms with Crippen molar-refractivity contribution in [3.05, 3.63) is 17.3 Å². The van der Waals surface area contributed by atoms with Crippen LogP contribution in [0.4, 0.5) is 11.5 Å². The Hall–Kier alpha value is -0.960. The van der Waals surface area contributed by atoms with Crippen molar-refractivity contribution < 1.29 is 0 Å². The zero-order valence-electron chi connectivity index (χ0n) is 9.78. The van der Waals surface area contributed by atoms with Crippen LogP contribution in [0.3, 0.4) is 0 Å². The number of pyridine rings is 1. The highest BCUT2D eigenvalue weighted by atomic mass is 35.5. The second-order valence-electron chi connectivity index (χ2n) is 4.76. The number of nitrogens with two attached hydrogens (primary N) is 1. The van der Waals surface area contributed by atoms with E-state index >= 15 is 0 Å². The Morgan fingerprint density at radius 2 is 2.25 bits per heavy atom. The Kier molecular flexibility index (Phi) is 3.24. The molecule has 1 aromatic heterocycles. The summed E-state index contributed by atoms with van der Waals surface area (Å²) in [7, 11) is 0. The molecule has 1 fully saturated rings. The van der Waals surface area contributed by atoms with Crippen LogP contribution >= 0.6 is 11.6 Å². The number of rotatable bonds is 4. The van der Waals surface area contributed by atoms with Gasteiger partial charge in [-0.25, -0.2) is 4.98 Å². The molecule has 16 heavy (non-hydrogen) atoms. The fraction of sp³-hybridized carbons (Fsp3) is 0.583. The number of nitrogens with zero attached hydrogens (tertiary/aromatic N) is 2. The van der Waals surface area contributed by atoms with Crippen LogP contribution in [0.2, 0.25) is 5.02 Å². The van der Waals surface area contributed by atoms with Crippen LogP contribution < -0.4 is 10.6 Å². The van der Waals surface area contributed by atoms with Gasteiger partial charge >= 0.3 is 0 Å². The maximum atomic E-state index is 6.19. The predicted molar refractivity (Wildman–Crippen MR) is 68.9 cm³/mol. The van der Waals surface area contributed by atoms with E-state index in [2.05, 4.69) is 23.7 Å². The minimum atomic E-state index is 0.411. The van der Waals surface area contributed by atoms with E-state index in [1.807, 2.05) is 0 Å². The summed E-state index contributed by atoms with van der Waals surface area (Å²) in [5.41, 5.74) is 6.27. The third kappa shape index (κ3) is 2.59. The van der Waals surface area contributed by atoms with Gasteiger partial charge in [-0.05, 0) is 38.7 Å². The zero-order chi connectivity index (χ0) is 11.7. The minimum Gasteiger partial charge on any atom is -0.397 e. The molecule has 0 bridgehead atoms. The van der Waals surface area contributed by atoms with E-state index in [-0.39, 0.29) is 0 Å². The van der Waals surface area contributed by atoms with Gasteiger partial charge in [0.05, 0.1) is 16.9 Å². The highest BCUT2D eigenvalue weighted by Crippen LogP contribution is 2.34.